The van der Waals surface area contributed by atoms with Gasteiger partial charge in [-0.1, -0.05) is 67.6 Å². The van der Waals surface area contributed by atoms with E-state index in [4.69, 9.17) is 5.11 Å². The van der Waals surface area contributed by atoms with Crippen molar-refractivity contribution in [2.75, 3.05) is 0 Å². The second-order valence-electron chi connectivity index (χ2n) is 7.55. The first-order chi connectivity index (χ1) is 15.4. The number of hydrogen-bond donors (Lipinski definition) is 3. The maximum atomic E-state index is 12.9. The Morgan fingerprint density at radius 1 is 0.969 bits per heavy atom. The van der Waals surface area contributed by atoms with Crippen molar-refractivity contribution < 1.29 is 19.5 Å². The molecule has 0 bridgehead atoms. The van der Waals surface area contributed by atoms with Crippen molar-refractivity contribution in [2.45, 2.75) is 25.8 Å². The smallest absolute Gasteiger partial charge is 0.306 e. The number of nitrogens with one attached hydrogen (secondary N) is 2. The van der Waals surface area contributed by atoms with E-state index < -0.39 is 29.3 Å². The molecular weight excluding hydrogens is 408 g/mol. The normalized spacial score (nSPS) is 11.7. The highest BCUT2D eigenvalue weighted by atomic mass is 16.4. The second-order valence-corrected chi connectivity index (χ2v) is 7.55. The highest BCUT2D eigenvalue weighted by molar-refractivity contribution is 5.97. The van der Waals surface area contributed by atoms with Gasteiger partial charge in [-0.25, -0.2) is 0 Å². The van der Waals surface area contributed by atoms with Gasteiger partial charge in [0.1, 0.15) is 5.56 Å². The van der Waals surface area contributed by atoms with Crippen LogP contribution >= 0.6 is 0 Å². The highest BCUT2D eigenvalue weighted by Crippen LogP contribution is 2.22. The zero-order valence-electron chi connectivity index (χ0n) is 17.6. The molecular formula is C25H24N2O5. The molecule has 3 rings (SSSR count). The van der Waals surface area contributed by atoms with E-state index in [0.717, 1.165) is 17.2 Å². The predicted molar refractivity (Wildman–Crippen MR) is 120 cm³/mol. The summed E-state index contributed by atoms with van der Waals surface area (Å²) in [7, 11) is 0. The number of pyridine rings is 1. The number of carbonyl (C=O) groups excluding carboxylic acids is 2. The zero-order chi connectivity index (χ0) is 23.1. The fraction of sp³-hybridized carbons (Fsp3) is 0.200. The van der Waals surface area contributed by atoms with Crippen LogP contribution in [0.3, 0.4) is 0 Å². The van der Waals surface area contributed by atoms with Crippen molar-refractivity contribution in [2.24, 2.45) is 5.92 Å². The van der Waals surface area contributed by atoms with Gasteiger partial charge in [0.15, 0.2) is 11.2 Å². The third-order valence-corrected chi connectivity index (χ3v) is 5.23. The lowest BCUT2D eigenvalue weighted by atomic mass is 9.98. The first-order valence-corrected chi connectivity index (χ1v) is 10.3. The first kappa shape index (κ1) is 22.7. The summed E-state index contributed by atoms with van der Waals surface area (Å²) in [6.45, 7) is 1.52. The number of amides is 1. The third kappa shape index (κ3) is 5.57. The Hall–Kier alpha value is -4.00. The largest absolute Gasteiger partial charge is 0.481 e. The van der Waals surface area contributed by atoms with Crippen LogP contribution in [0.15, 0.2) is 77.7 Å². The van der Waals surface area contributed by atoms with Crippen LogP contribution in [0.4, 0.5) is 0 Å². The van der Waals surface area contributed by atoms with E-state index in [0.29, 0.717) is 0 Å². The summed E-state index contributed by atoms with van der Waals surface area (Å²) in [5.74, 6) is -2.59. The van der Waals surface area contributed by atoms with Crippen LogP contribution in [0.2, 0.25) is 0 Å². The minimum Gasteiger partial charge on any atom is -0.481 e. The number of ketones is 1. The molecule has 0 aliphatic carbocycles. The minimum atomic E-state index is -0.982. The second kappa shape index (κ2) is 10.3. The molecule has 7 nitrogen and oxygen atoms in total. The molecule has 0 aliphatic rings. The van der Waals surface area contributed by atoms with Crippen molar-refractivity contribution in [3.8, 4) is 0 Å². The number of carboxylic acid groups (broad SMARTS) is 1. The van der Waals surface area contributed by atoms with Gasteiger partial charge in [-0.2, -0.15) is 0 Å². The highest BCUT2D eigenvalue weighted by Gasteiger charge is 2.21. The lowest BCUT2D eigenvalue weighted by Gasteiger charge is -2.20. The monoisotopic (exact) mass is 432 g/mol. The minimum absolute atomic E-state index is 0.0148. The molecule has 1 amide bonds. The number of carboxylic acids is 1. The molecule has 0 radical (unpaired) electrons. The Labute approximate surface area is 185 Å². The number of benzene rings is 2. The third-order valence-electron chi connectivity index (χ3n) is 5.23. The first-order valence-electron chi connectivity index (χ1n) is 10.3. The molecule has 3 N–H and O–H groups in total. The molecule has 1 heterocycles. The fourth-order valence-corrected chi connectivity index (χ4v) is 3.27. The maximum absolute atomic E-state index is 12.9. The lowest BCUT2D eigenvalue weighted by molar-refractivity contribution is -0.141. The Morgan fingerprint density at radius 2 is 1.53 bits per heavy atom. The number of aromatic nitrogens is 1. The van der Waals surface area contributed by atoms with Crippen molar-refractivity contribution in [1.82, 2.24) is 10.3 Å². The van der Waals surface area contributed by atoms with E-state index in [9.17, 15) is 19.2 Å². The van der Waals surface area contributed by atoms with Gasteiger partial charge in [0.25, 0.3) is 5.91 Å². The molecule has 32 heavy (non-hydrogen) atoms. The predicted octanol–water partition coefficient (Wildman–Crippen LogP) is 3.58. The van der Waals surface area contributed by atoms with Crippen LogP contribution in [0.5, 0.6) is 0 Å². The van der Waals surface area contributed by atoms with Crippen molar-refractivity contribution in [1.29, 1.82) is 0 Å². The molecule has 1 unspecified atom stereocenters. The zero-order valence-corrected chi connectivity index (χ0v) is 17.6. The summed E-state index contributed by atoms with van der Waals surface area (Å²) in [6.07, 6.45) is 1.37. The van der Waals surface area contributed by atoms with E-state index in [1.165, 1.54) is 13.1 Å². The number of aromatic amines is 1. The van der Waals surface area contributed by atoms with Gasteiger partial charge in [0, 0.05) is 18.7 Å². The van der Waals surface area contributed by atoms with Crippen LogP contribution in [0.25, 0.3) is 0 Å². The molecule has 0 saturated heterocycles. The van der Waals surface area contributed by atoms with Crippen LogP contribution < -0.4 is 10.7 Å². The van der Waals surface area contributed by atoms with E-state index in [1.807, 2.05) is 60.7 Å². The van der Waals surface area contributed by atoms with E-state index in [1.54, 1.807) is 0 Å². The number of aliphatic carboxylic acids is 1. The standard InChI is InChI=1S/C25H24N2O5/c1-16(25(31)32)12-13-21(28)20-14-22(29)19(15-26-20)24(30)27-23(17-8-4-2-5-9-17)18-10-6-3-7-11-18/h2-11,14-16,23H,12-13H2,1H3,(H,26,29)(H,27,30)(H,31,32). The maximum Gasteiger partial charge on any atom is 0.306 e. The van der Waals surface area contributed by atoms with Gasteiger partial charge in [-0.15, -0.1) is 0 Å². The summed E-state index contributed by atoms with van der Waals surface area (Å²) in [4.78, 5) is 51.4. The molecule has 1 atom stereocenters. The summed E-state index contributed by atoms with van der Waals surface area (Å²) in [6, 6.07) is 19.4. The van der Waals surface area contributed by atoms with Crippen LogP contribution in [-0.2, 0) is 4.79 Å². The summed E-state index contributed by atoms with van der Waals surface area (Å²) < 4.78 is 0. The molecule has 2 aromatic carbocycles. The Kier molecular flexibility index (Phi) is 7.33. The van der Waals surface area contributed by atoms with Crippen molar-refractivity contribution >= 4 is 17.7 Å². The molecule has 1 aromatic heterocycles. The van der Waals surface area contributed by atoms with Gasteiger partial charge >= 0.3 is 5.97 Å². The Morgan fingerprint density at radius 3 is 2.03 bits per heavy atom. The molecule has 0 fully saturated rings. The lowest BCUT2D eigenvalue weighted by Crippen LogP contribution is -2.33. The van der Waals surface area contributed by atoms with Crippen molar-refractivity contribution in [3.05, 3.63) is 106 Å². The summed E-state index contributed by atoms with van der Waals surface area (Å²) in [5.41, 5.74) is 1.07. The number of Topliss-reactive ketones (excluding diaryl/α,β-unsaturated/α-hetero) is 1. The molecule has 0 aliphatic heterocycles. The van der Waals surface area contributed by atoms with Crippen LogP contribution in [0.1, 0.15) is 57.8 Å². The van der Waals surface area contributed by atoms with Gasteiger partial charge in [0.2, 0.25) is 0 Å². The molecule has 7 heteroatoms. The Bertz CT molecular complexity index is 1120. The summed E-state index contributed by atoms with van der Waals surface area (Å²) >= 11 is 0. The molecule has 0 saturated carbocycles. The topological polar surface area (TPSA) is 116 Å². The number of hydrogen-bond acceptors (Lipinski definition) is 4. The van der Waals surface area contributed by atoms with E-state index in [-0.39, 0.29) is 29.9 Å². The SMILES string of the molecule is CC(CCC(=O)c1cc(=O)c(C(=O)NC(c2ccccc2)c2ccccc2)c[nH]1)C(=O)O. The molecule has 3 aromatic rings. The van der Waals surface area contributed by atoms with Crippen LogP contribution in [0, 0.1) is 5.92 Å². The van der Waals surface area contributed by atoms with E-state index in [2.05, 4.69) is 10.3 Å². The number of H-pyrrole nitrogens is 1. The van der Waals surface area contributed by atoms with Gasteiger partial charge in [0.05, 0.1) is 17.7 Å². The van der Waals surface area contributed by atoms with Gasteiger partial charge < -0.3 is 15.4 Å². The van der Waals surface area contributed by atoms with Crippen molar-refractivity contribution in [3.63, 3.8) is 0 Å². The average molecular weight is 432 g/mol. The number of rotatable bonds is 9. The molecule has 164 valence electrons. The average Bonchev–Trinajstić information content (AvgIpc) is 2.81. The Balaban J connectivity index is 1.78. The number of carbonyl (C=O) groups is 3. The van der Waals surface area contributed by atoms with E-state index >= 15 is 0 Å². The van der Waals surface area contributed by atoms with Crippen LogP contribution in [-0.4, -0.2) is 27.8 Å². The van der Waals surface area contributed by atoms with Gasteiger partial charge in [-0.3, -0.25) is 19.2 Å². The van der Waals surface area contributed by atoms with Gasteiger partial charge in [-0.05, 0) is 17.5 Å². The molecule has 0 spiro atoms. The summed E-state index contributed by atoms with van der Waals surface area (Å²) in [5, 5.41) is 11.8. The quantitative estimate of drug-likeness (QED) is 0.447. The fourth-order valence-electron chi connectivity index (χ4n) is 3.27.